The lowest BCUT2D eigenvalue weighted by Gasteiger charge is -2.08. The monoisotopic (exact) mass is 370 g/mol. The van der Waals surface area contributed by atoms with Crippen molar-refractivity contribution in [2.45, 2.75) is 0 Å². The van der Waals surface area contributed by atoms with Gasteiger partial charge in [-0.2, -0.15) is 0 Å². The Bertz CT molecular complexity index is 984. The van der Waals surface area contributed by atoms with E-state index in [1.807, 2.05) is 0 Å². The molecule has 2 aromatic carbocycles. The van der Waals surface area contributed by atoms with Gasteiger partial charge in [0, 0.05) is 11.8 Å². The van der Waals surface area contributed by atoms with Crippen LogP contribution in [-0.4, -0.2) is 21.0 Å². The number of aromatic nitrogens is 2. The van der Waals surface area contributed by atoms with Crippen LogP contribution in [0.4, 0.5) is 20.6 Å². The van der Waals surface area contributed by atoms with Crippen molar-refractivity contribution in [3.05, 3.63) is 76.9 Å². The number of amides is 1. The molecule has 0 atom stereocenters. The number of nitro benzene ring substituents is 1. The molecule has 3 aromatic rings. The molecular weight excluding hydrogens is 359 g/mol. The lowest BCUT2D eigenvalue weighted by atomic mass is 10.3. The summed E-state index contributed by atoms with van der Waals surface area (Å²) >= 11 is 0. The molecule has 1 amide bonds. The van der Waals surface area contributed by atoms with Crippen molar-refractivity contribution in [1.82, 2.24) is 9.97 Å². The fourth-order valence-corrected chi connectivity index (χ4v) is 1.99. The van der Waals surface area contributed by atoms with E-state index in [-0.39, 0.29) is 17.5 Å². The molecule has 1 heterocycles. The number of nitrogens with one attached hydrogen (secondary N) is 1. The number of hydrogen-bond donors (Lipinski definition) is 1. The van der Waals surface area contributed by atoms with Gasteiger partial charge in [-0.3, -0.25) is 15.4 Å². The molecule has 0 saturated carbocycles. The molecule has 3 rings (SSSR count). The highest BCUT2D eigenvalue weighted by molar-refractivity contribution is 5.85. The highest BCUT2D eigenvalue weighted by Crippen LogP contribution is 2.27. The zero-order valence-electron chi connectivity index (χ0n) is 13.5. The summed E-state index contributed by atoms with van der Waals surface area (Å²) in [5, 5.41) is 13.1. The summed E-state index contributed by atoms with van der Waals surface area (Å²) < 4.78 is 24.1. The number of nitro groups is 1. The van der Waals surface area contributed by atoms with Gasteiger partial charge in [-0.15, -0.1) is 0 Å². The Labute approximate surface area is 151 Å². The first-order chi connectivity index (χ1) is 13.0. The average molecular weight is 370 g/mol. The summed E-state index contributed by atoms with van der Waals surface area (Å²) in [7, 11) is 0. The van der Waals surface area contributed by atoms with E-state index in [0.29, 0.717) is 5.69 Å². The van der Waals surface area contributed by atoms with Crippen LogP contribution in [0.3, 0.4) is 0 Å². The summed E-state index contributed by atoms with van der Waals surface area (Å²) in [4.78, 5) is 29.3. The minimum Gasteiger partial charge on any atom is -0.436 e. The maximum Gasteiger partial charge on any atom is 0.418 e. The van der Waals surface area contributed by atoms with Gasteiger partial charge in [0.15, 0.2) is 11.6 Å². The van der Waals surface area contributed by atoms with Gasteiger partial charge >= 0.3 is 6.09 Å². The van der Waals surface area contributed by atoms with E-state index < -0.39 is 22.5 Å². The summed E-state index contributed by atoms with van der Waals surface area (Å²) in [5.74, 6) is -1.46. The third-order valence-electron chi connectivity index (χ3n) is 3.18. The number of carbonyl (C=O) groups is 1. The van der Waals surface area contributed by atoms with Crippen molar-refractivity contribution in [3.63, 3.8) is 0 Å². The SMILES string of the molecule is O=C(Nc1ccccc1)Oc1cc(Oc2ccc([N+](=O)[O-])cc2F)ncn1. The van der Waals surface area contributed by atoms with Gasteiger partial charge in [-0.05, 0) is 18.2 Å². The first-order valence-electron chi connectivity index (χ1n) is 7.49. The van der Waals surface area contributed by atoms with E-state index in [2.05, 4.69) is 15.3 Å². The molecule has 0 saturated heterocycles. The van der Waals surface area contributed by atoms with Crippen LogP contribution >= 0.6 is 0 Å². The van der Waals surface area contributed by atoms with Crippen LogP contribution in [0.25, 0.3) is 0 Å². The van der Waals surface area contributed by atoms with Crippen LogP contribution in [0.5, 0.6) is 17.5 Å². The van der Waals surface area contributed by atoms with E-state index in [1.54, 1.807) is 30.3 Å². The van der Waals surface area contributed by atoms with E-state index in [0.717, 1.165) is 24.5 Å². The van der Waals surface area contributed by atoms with Crippen molar-refractivity contribution >= 4 is 17.5 Å². The van der Waals surface area contributed by atoms with Gasteiger partial charge < -0.3 is 9.47 Å². The topological polar surface area (TPSA) is 116 Å². The predicted molar refractivity (Wildman–Crippen MR) is 91.2 cm³/mol. The molecule has 9 nitrogen and oxygen atoms in total. The number of para-hydroxylation sites is 1. The smallest absolute Gasteiger partial charge is 0.418 e. The highest BCUT2D eigenvalue weighted by Gasteiger charge is 2.14. The second-order valence-corrected chi connectivity index (χ2v) is 5.05. The van der Waals surface area contributed by atoms with Gasteiger partial charge in [0.25, 0.3) is 5.69 Å². The Morgan fingerprint density at radius 2 is 1.81 bits per heavy atom. The Morgan fingerprint density at radius 3 is 2.52 bits per heavy atom. The summed E-state index contributed by atoms with van der Waals surface area (Å²) in [6.07, 6.45) is 0.274. The van der Waals surface area contributed by atoms with Crippen molar-refractivity contribution < 1.29 is 23.6 Å². The molecule has 0 radical (unpaired) electrons. The minimum absolute atomic E-state index is 0.111. The standard InChI is InChI=1S/C17H11FN4O5/c18-13-8-12(22(24)25)6-7-14(13)26-15-9-16(20-10-19-15)27-17(23)21-11-4-2-1-3-5-11/h1-10H,(H,21,23). The van der Waals surface area contributed by atoms with Gasteiger partial charge in [0.2, 0.25) is 11.8 Å². The largest absolute Gasteiger partial charge is 0.436 e. The quantitative estimate of drug-likeness (QED) is 0.534. The number of rotatable bonds is 5. The van der Waals surface area contributed by atoms with Crippen LogP contribution in [0, 0.1) is 15.9 Å². The summed E-state index contributed by atoms with van der Waals surface area (Å²) in [6.45, 7) is 0. The Kier molecular flexibility index (Phi) is 5.17. The molecule has 136 valence electrons. The van der Waals surface area contributed by atoms with E-state index >= 15 is 0 Å². The maximum atomic E-state index is 13.9. The summed E-state index contributed by atoms with van der Waals surface area (Å²) in [6, 6.07) is 12.7. The molecule has 0 aliphatic heterocycles. The van der Waals surface area contributed by atoms with Crippen LogP contribution < -0.4 is 14.8 Å². The zero-order valence-corrected chi connectivity index (χ0v) is 13.5. The second-order valence-electron chi connectivity index (χ2n) is 5.05. The predicted octanol–water partition coefficient (Wildman–Crippen LogP) is 3.93. The summed E-state index contributed by atoms with van der Waals surface area (Å²) in [5.41, 5.74) is 0.116. The first kappa shape index (κ1) is 17.7. The van der Waals surface area contributed by atoms with Crippen LogP contribution in [0.2, 0.25) is 0 Å². The van der Waals surface area contributed by atoms with Crippen LogP contribution in [-0.2, 0) is 0 Å². The number of non-ortho nitro benzene ring substituents is 1. The van der Waals surface area contributed by atoms with Gasteiger partial charge in [0.05, 0.1) is 17.1 Å². The fraction of sp³-hybridized carbons (Fsp3) is 0. The van der Waals surface area contributed by atoms with Crippen molar-refractivity contribution in [2.75, 3.05) is 5.32 Å². The van der Waals surface area contributed by atoms with E-state index in [1.165, 1.54) is 6.07 Å². The molecular formula is C17H11FN4O5. The number of halogens is 1. The van der Waals surface area contributed by atoms with Gasteiger partial charge in [-0.25, -0.2) is 19.2 Å². The molecule has 0 unspecified atom stereocenters. The Morgan fingerprint density at radius 1 is 1.07 bits per heavy atom. The fourth-order valence-electron chi connectivity index (χ4n) is 1.99. The average Bonchev–Trinajstić information content (AvgIpc) is 2.64. The van der Waals surface area contributed by atoms with E-state index in [4.69, 9.17) is 9.47 Å². The number of ether oxygens (including phenoxy) is 2. The highest BCUT2D eigenvalue weighted by atomic mass is 19.1. The second kappa shape index (κ2) is 7.87. The maximum absolute atomic E-state index is 13.9. The number of nitrogens with zero attached hydrogens (tertiary/aromatic N) is 3. The number of carbonyl (C=O) groups excluding carboxylic acids is 1. The zero-order chi connectivity index (χ0) is 19.2. The van der Waals surface area contributed by atoms with Gasteiger partial charge in [0.1, 0.15) is 6.33 Å². The number of benzene rings is 2. The third-order valence-corrected chi connectivity index (χ3v) is 3.18. The molecule has 1 aromatic heterocycles. The molecule has 0 aliphatic rings. The Balaban J connectivity index is 1.68. The van der Waals surface area contributed by atoms with Crippen molar-refractivity contribution in [3.8, 4) is 17.5 Å². The normalized spacial score (nSPS) is 10.1. The van der Waals surface area contributed by atoms with Crippen LogP contribution in [0.1, 0.15) is 0 Å². The molecule has 27 heavy (non-hydrogen) atoms. The van der Waals surface area contributed by atoms with Gasteiger partial charge in [-0.1, -0.05) is 18.2 Å². The lowest BCUT2D eigenvalue weighted by Crippen LogP contribution is -2.17. The molecule has 1 N–H and O–H groups in total. The molecule has 0 bridgehead atoms. The molecule has 0 spiro atoms. The van der Waals surface area contributed by atoms with E-state index in [9.17, 15) is 19.3 Å². The minimum atomic E-state index is -0.938. The van der Waals surface area contributed by atoms with Crippen molar-refractivity contribution in [1.29, 1.82) is 0 Å². The van der Waals surface area contributed by atoms with Crippen LogP contribution in [0.15, 0.2) is 60.9 Å². The van der Waals surface area contributed by atoms with Crippen molar-refractivity contribution in [2.24, 2.45) is 0 Å². The Hall–Kier alpha value is -4.08. The molecule has 10 heteroatoms. The third kappa shape index (κ3) is 4.72. The first-order valence-corrected chi connectivity index (χ1v) is 7.49. The molecule has 0 aliphatic carbocycles. The number of hydrogen-bond acceptors (Lipinski definition) is 7. The number of anilines is 1. The lowest BCUT2D eigenvalue weighted by molar-refractivity contribution is -0.385. The molecule has 0 fully saturated rings.